The molecule has 1 aromatic heterocycles. The summed E-state index contributed by atoms with van der Waals surface area (Å²) in [5, 5.41) is 0. The summed E-state index contributed by atoms with van der Waals surface area (Å²) >= 11 is 0. The molecule has 6 heteroatoms. The highest BCUT2D eigenvalue weighted by Crippen LogP contribution is 2.25. The lowest BCUT2D eigenvalue weighted by atomic mass is 10.0. The van der Waals surface area contributed by atoms with Crippen molar-refractivity contribution >= 4 is 5.91 Å². The van der Waals surface area contributed by atoms with Crippen LogP contribution >= 0.6 is 0 Å². The van der Waals surface area contributed by atoms with Crippen LogP contribution < -0.4 is 5.56 Å². The van der Waals surface area contributed by atoms with Gasteiger partial charge in [0.2, 0.25) is 0 Å². The third kappa shape index (κ3) is 2.87. The van der Waals surface area contributed by atoms with Gasteiger partial charge in [-0.1, -0.05) is 0 Å². The lowest BCUT2D eigenvalue weighted by Gasteiger charge is -2.38. The average molecular weight is 292 g/mol. The zero-order chi connectivity index (χ0) is 14.8. The smallest absolute Gasteiger partial charge is 0.254 e. The van der Waals surface area contributed by atoms with Crippen LogP contribution in [-0.2, 0) is 16.5 Å². The van der Waals surface area contributed by atoms with E-state index in [1.807, 2.05) is 0 Å². The van der Waals surface area contributed by atoms with Crippen molar-refractivity contribution in [3.63, 3.8) is 0 Å². The first-order valence-electron chi connectivity index (χ1n) is 7.37. The molecule has 2 aliphatic rings. The number of pyridine rings is 1. The topological polar surface area (TPSA) is 60.8 Å². The molecule has 21 heavy (non-hydrogen) atoms. The number of amides is 1. The van der Waals surface area contributed by atoms with Gasteiger partial charge in [-0.15, -0.1) is 0 Å². The second-order valence-corrected chi connectivity index (χ2v) is 5.54. The maximum atomic E-state index is 12.7. The van der Waals surface area contributed by atoms with Gasteiger partial charge >= 0.3 is 0 Å². The summed E-state index contributed by atoms with van der Waals surface area (Å²) in [6, 6.07) is 3.02. The van der Waals surface area contributed by atoms with E-state index in [-0.39, 0.29) is 23.8 Å². The minimum absolute atomic E-state index is 0.0576. The Morgan fingerprint density at radius 3 is 2.76 bits per heavy atom. The number of aromatic nitrogens is 1. The van der Waals surface area contributed by atoms with E-state index in [4.69, 9.17) is 9.47 Å². The molecule has 0 radical (unpaired) electrons. The Morgan fingerprint density at radius 1 is 1.29 bits per heavy atom. The van der Waals surface area contributed by atoms with E-state index in [0.717, 1.165) is 19.3 Å². The van der Waals surface area contributed by atoms with Crippen LogP contribution in [0.2, 0.25) is 0 Å². The molecule has 6 nitrogen and oxygen atoms in total. The Kier molecular flexibility index (Phi) is 4.07. The summed E-state index contributed by atoms with van der Waals surface area (Å²) in [6.07, 6.45) is 4.20. The lowest BCUT2D eigenvalue weighted by molar-refractivity contribution is -0.100. The van der Waals surface area contributed by atoms with Gasteiger partial charge in [0.05, 0.1) is 19.3 Å². The molecule has 3 rings (SSSR count). The number of hydrogen-bond donors (Lipinski definition) is 0. The third-order valence-electron chi connectivity index (χ3n) is 4.12. The van der Waals surface area contributed by atoms with Crippen molar-refractivity contribution in [1.29, 1.82) is 0 Å². The second kappa shape index (κ2) is 5.99. The van der Waals surface area contributed by atoms with Gasteiger partial charge in [-0.3, -0.25) is 9.59 Å². The minimum atomic E-state index is -0.333. The van der Waals surface area contributed by atoms with Crippen LogP contribution in [0, 0.1) is 0 Å². The van der Waals surface area contributed by atoms with Gasteiger partial charge in [-0.25, -0.2) is 0 Å². The van der Waals surface area contributed by atoms with Crippen LogP contribution in [-0.4, -0.2) is 47.5 Å². The number of carbonyl (C=O) groups excluding carboxylic acids is 1. The second-order valence-electron chi connectivity index (χ2n) is 5.54. The van der Waals surface area contributed by atoms with Crippen LogP contribution in [0.15, 0.2) is 23.1 Å². The quantitative estimate of drug-likeness (QED) is 0.807. The summed E-state index contributed by atoms with van der Waals surface area (Å²) < 4.78 is 12.6. The standard InChI is InChI=1S/C15H20N2O4/c1-16-7-5-11(10-13(16)18)14(19)17-6-3-2-4-12(17)15-20-8-9-21-15/h5,7,10,12,15H,2-4,6,8-9H2,1H3. The van der Waals surface area contributed by atoms with Crippen LogP contribution in [0.4, 0.5) is 0 Å². The molecule has 1 amide bonds. The van der Waals surface area contributed by atoms with E-state index >= 15 is 0 Å². The average Bonchev–Trinajstić information content (AvgIpc) is 3.03. The van der Waals surface area contributed by atoms with Crippen LogP contribution in [0.3, 0.4) is 0 Å². The highest BCUT2D eigenvalue weighted by molar-refractivity contribution is 5.94. The molecular weight excluding hydrogens is 272 g/mol. The molecule has 2 aliphatic heterocycles. The fourth-order valence-electron chi connectivity index (χ4n) is 2.94. The van der Waals surface area contributed by atoms with Crippen molar-refractivity contribution in [2.75, 3.05) is 19.8 Å². The predicted molar refractivity (Wildman–Crippen MR) is 76.1 cm³/mol. The van der Waals surface area contributed by atoms with Gasteiger partial charge in [0.25, 0.3) is 11.5 Å². The Morgan fingerprint density at radius 2 is 2.05 bits per heavy atom. The molecule has 1 atom stereocenters. The number of likely N-dealkylation sites (tertiary alicyclic amines) is 1. The zero-order valence-corrected chi connectivity index (χ0v) is 12.2. The van der Waals surface area contributed by atoms with E-state index in [9.17, 15) is 9.59 Å². The summed E-state index contributed by atoms with van der Waals surface area (Å²) in [5.41, 5.74) is 0.255. The molecule has 0 aliphatic carbocycles. The van der Waals surface area contributed by atoms with E-state index in [1.54, 1.807) is 24.2 Å². The molecule has 1 unspecified atom stereocenters. The van der Waals surface area contributed by atoms with E-state index in [1.165, 1.54) is 10.6 Å². The first kappa shape index (κ1) is 14.3. The molecule has 2 fully saturated rings. The Labute approximate surface area is 123 Å². The van der Waals surface area contributed by atoms with Crippen molar-refractivity contribution < 1.29 is 14.3 Å². The number of carbonyl (C=O) groups is 1. The number of piperidine rings is 1. The van der Waals surface area contributed by atoms with Crippen molar-refractivity contribution in [3.8, 4) is 0 Å². The molecular formula is C15H20N2O4. The number of nitrogens with zero attached hydrogens (tertiary/aromatic N) is 2. The van der Waals surface area contributed by atoms with Gasteiger partial charge < -0.3 is 18.9 Å². The van der Waals surface area contributed by atoms with Gasteiger partial charge in [0.15, 0.2) is 6.29 Å². The molecule has 114 valence electrons. The number of rotatable bonds is 2. The molecule has 2 saturated heterocycles. The van der Waals surface area contributed by atoms with Gasteiger partial charge in [-0.05, 0) is 25.3 Å². The summed E-state index contributed by atoms with van der Waals surface area (Å²) in [6.45, 7) is 1.84. The van der Waals surface area contributed by atoms with Crippen LogP contribution in [0.5, 0.6) is 0 Å². The van der Waals surface area contributed by atoms with Crippen LogP contribution in [0.25, 0.3) is 0 Å². The maximum Gasteiger partial charge on any atom is 0.254 e. The zero-order valence-electron chi connectivity index (χ0n) is 12.2. The summed E-state index contributed by atoms with van der Waals surface area (Å²) in [7, 11) is 1.67. The van der Waals surface area contributed by atoms with Crippen LogP contribution in [0.1, 0.15) is 29.6 Å². The first-order valence-corrected chi connectivity index (χ1v) is 7.37. The monoisotopic (exact) mass is 292 g/mol. The molecule has 0 N–H and O–H groups in total. The Bertz CT molecular complexity index is 577. The van der Waals surface area contributed by atoms with Crippen molar-refractivity contribution in [2.24, 2.45) is 7.05 Å². The molecule has 3 heterocycles. The van der Waals surface area contributed by atoms with Crippen molar-refractivity contribution in [3.05, 3.63) is 34.2 Å². The predicted octanol–water partition coefficient (Wildman–Crippen LogP) is 0.753. The van der Waals surface area contributed by atoms with Crippen molar-refractivity contribution in [1.82, 2.24) is 9.47 Å². The normalized spacial score (nSPS) is 23.5. The fraction of sp³-hybridized carbons (Fsp3) is 0.600. The van der Waals surface area contributed by atoms with Gasteiger partial charge in [-0.2, -0.15) is 0 Å². The first-order chi connectivity index (χ1) is 10.2. The Hall–Kier alpha value is -1.66. The SMILES string of the molecule is Cn1ccc(C(=O)N2CCCCC2C2OCCO2)cc1=O. The number of ether oxygens (including phenoxy) is 2. The largest absolute Gasteiger partial charge is 0.348 e. The van der Waals surface area contributed by atoms with Gasteiger partial charge in [0, 0.05) is 31.4 Å². The summed E-state index contributed by atoms with van der Waals surface area (Å²) in [5.74, 6) is -0.114. The van der Waals surface area contributed by atoms with Crippen molar-refractivity contribution in [2.45, 2.75) is 31.6 Å². The summed E-state index contributed by atoms with van der Waals surface area (Å²) in [4.78, 5) is 26.2. The fourth-order valence-corrected chi connectivity index (χ4v) is 2.94. The Balaban J connectivity index is 1.83. The molecule has 0 bridgehead atoms. The number of hydrogen-bond acceptors (Lipinski definition) is 4. The van der Waals surface area contributed by atoms with E-state index in [2.05, 4.69) is 0 Å². The maximum absolute atomic E-state index is 12.7. The molecule has 0 aromatic carbocycles. The minimum Gasteiger partial charge on any atom is -0.348 e. The molecule has 1 aromatic rings. The van der Waals surface area contributed by atoms with E-state index < -0.39 is 0 Å². The number of aryl methyl sites for hydroxylation is 1. The molecule has 0 saturated carbocycles. The third-order valence-corrected chi connectivity index (χ3v) is 4.12. The highest BCUT2D eigenvalue weighted by atomic mass is 16.7. The molecule has 0 spiro atoms. The highest BCUT2D eigenvalue weighted by Gasteiger charge is 2.36. The lowest BCUT2D eigenvalue weighted by Crippen LogP contribution is -2.50. The van der Waals surface area contributed by atoms with Gasteiger partial charge in [0.1, 0.15) is 0 Å². The van der Waals surface area contributed by atoms with E-state index in [0.29, 0.717) is 25.3 Å².